The Labute approximate surface area is 138 Å². The summed E-state index contributed by atoms with van der Waals surface area (Å²) in [7, 11) is 0. The number of hydrogen-bond donors (Lipinski definition) is 2. The molecule has 2 aromatic rings. The number of rotatable bonds is 5. The van der Waals surface area contributed by atoms with Crippen LogP contribution in [0.4, 0.5) is 24.5 Å². The number of amides is 1. The minimum atomic E-state index is -4.38. The molecule has 0 saturated heterocycles. The number of halogens is 3. The number of aryl methyl sites for hydroxylation is 2. The molecule has 1 amide bonds. The van der Waals surface area contributed by atoms with Crippen LogP contribution < -0.4 is 10.6 Å². The molecule has 0 aromatic heterocycles. The molecule has 0 saturated carbocycles. The van der Waals surface area contributed by atoms with Gasteiger partial charge in [0.2, 0.25) is 5.91 Å². The van der Waals surface area contributed by atoms with E-state index in [1.165, 1.54) is 12.1 Å². The van der Waals surface area contributed by atoms with E-state index in [0.29, 0.717) is 11.4 Å². The van der Waals surface area contributed by atoms with Crippen LogP contribution in [-0.4, -0.2) is 12.5 Å². The highest BCUT2D eigenvalue weighted by atomic mass is 19.4. The minimum Gasteiger partial charge on any atom is -0.385 e. The highest BCUT2D eigenvalue weighted by Gasteiger charge is 2.30. The maximum atomic E-state index is 12.6. The molecule has 0 radical (unpaired) electrons. The lowest BCUT2D eigenvalue weighted by molar-refractivity contribution is -0.137. The highest BCUT2D eigenvalue weighted by molar-refractivity contribution is 5.91. The number of carbonyl (C=O) groups is 1. The number of anilines is 2. The van der Waals surface area contributed by atoms with Crippen molar-refractivity contribution in [3.8, 4) is 0 Å². The fraction of sp³-hybridized carbons (Fsp3) is 0.278. The Kier molecular flexibility index (Phi) is 5.49. The van der Waals surface area contributed by atoms with Gasteiger partial charge in [-0.05, 0) is 55.3 Å². The van der Waals surface area contributed by atoms with Gasteiger partial charge in [0.1, 0.15) is 0 Å². The Bertz CT molecular complexity index is 726. The number of benzene rings is 2. The molecular formula is C18H19F3N2O. The molecule has 2 aromatic carbocycles. The van der Waals surface area contributed by atoms with Crippen LogP contribution in [0.15, 0.2) is 42.5 Å². The summed E-state index contributed by atoms with van der Waals surface area (Å²) in [6.45, 7) is 4.19. The zero-order valence-corrected chi connectivity index (χ0v) is 13.5. The first-order chi connectivity index (χ1) is 11.3. The third-order valence-corrected chi connectivity index (χ3v) is 3.66. The van der Waals surface area contributed by atoms with Crippen molar-refractivity contribution in [2.75, 3.05) is 17.2 Å². The van der Waals surface area contributed by atoms with Gasteiger partial charge >= 0.3 is 6.18 Å². The third kappa shape index (κ3) is 5.01. The van der Waals surface area contributed by atoms with Crippen molar-refractivity contribution in [3.05, 3.63) is 59.2 Å². The first-order valence-corrected chi connectivity index (χ1v) is 7.54. The van der Waals surface area contributed by atoms with Gasteiger partial charge in [0, 0.05) is 24.3 Å². The SMILES string of the molecule is Cc1ccc(NC(=O)CCNc2cccc(C(F)(F)F)c2)cc1C. The summed E-state index contributed by atoms with van der Waals surface area (Å²) in [5.41, 5.74) is 2.55. The van der Waals surface area contributed by atoms with Crippen LogP contribution in [0.5, 0.6) is 0 Å². The molecule has 0 unspecified atom stereocenters. The predicted molar refractivity (Wildman–Crippen MR) is 89.1 cm³/mol. The molecule has 0 heterocycles. The normalized spacial score (nSPS) is 11.2. The summed E-state index contributed by atoms with van der Waals surface area (Å²) >= 11 is 0. The van der Waals surface area contributed by atoms with Gasteiger partial charge in [-0.2, -0.15) is 13.2 Å². The van der Waals surface area contributed by atoms with Gasteiger partial charge < -0.3 is 10.6 Å². The van der Waals surface area contributed by atoms with Crippen LogP contribution in [0.2, 0.25) is 0 Å². The van der Waals surface area contributed by atoms with E-state index in [2.05, 4.69) is 10.6 Å². The standard InChI is InChI=1S/C18H19F3N2O/c1-12-6-7-16(10-13(12)2)23-17(24)8-9-22-15-5-3-4-14(11-15)18(19,20)21/h3-7,10-11,22H,8-9H2,1-2H3,(H,23,24). The van der Waals surface area contributed by atoms with Crippen molar-refractivity contribution in [2.24, 2.45) is 0 Å². The lowest BCUT2D eigenvalue weighted by Gasteiger charge is -2.11. The second-order valence-corrected chi connectivity index (χ2v) is 5.60. The molecule has 24 heavy (non-hydrogen) atoms. The second kappa shape index (κ2) is 7.38. The van der Waals surface area contributed by atoms with E-state index in [1.807, 2.05) is 32.0 Å². The van der Waals surface area contributed by atoms with E-state index in [0.717, 1.165) is 23.3 Å². The predicted octanol–water partition coefficient (Wildman–Crippen LogP) is 4.76. The molecule has 0 fully saturated rings. The smallest absolute Gasteiger partial charge is 0.385 e. The average Bonchev–Trinajstić information content (AvgIpc) is 2.50. The Morgan fingerprint density at radius 2 is 1.75 bits per heavy atom. The van der Waals surface area contributed by atoms with Crippen LogP contribution in [0.1, 0.15) is 23.1 Å². The molecule has 3 nitrogen and oxygen atoms in total. The summed E-state index contributed by atoms with van der Waals surface area (Å²) < 4.78 is 37.9. The zero-order valence-electron chi connectivity index (χ0n) is 13.5. The van der Waals surface area contributed by atoms with Crippen molar-refractivity contribution in [1.29, 1.82) is 0 Å². The number of nitrogens with one attached hydrogen (secondary N) is 2. The molecule has 0 aliphatic carbocycles. The number of alkyl halides is 3. The summed E-state index contributed by atoms with van der Waals surface area (Å²) in [5, 5.41) is 5.61. The first kappa shape index (κ1) is 17.8. The van der Waals surface area contributed by atoms with Crippen molar-refractivity contribution in [2.45, 2.75) is 26.4 Å². The van der Waals surface area contributed by atoms with Gasteiger partial charge in [0.25, 0.3) is 0 Å². The van der Waals surface area contributed by atoms with E-state index in [4.69, 9.17) is 0 Å². The Balaban J connectivity index is 1.85. The monoisotopic (exact) mass is 336 g/mol. The average molecular weight is 336 g/mol. The van der Waals surface area contributed by atoms with Crippen molar-refractivity contribution in [1.82, 2.24) is 0 Å². The van der Waals surface area contributed by atoms with E-state index >= 15 is 0 Å². The van der Waals surface area contributed by atoms with Crippen LogP contribution in [0.3, 0.4) is 0 Å². The van der Waals surface area contributed by atoms with Crippen LogP contribution in [-0.2, 0) is 11.0 Å². The quantitative estimate of drug-likeness (QED) is 0.826. The fourth-order valence-electron chi connectivity index (χ4n) is 2.17. The topological polar surface area (TPSA) is 41.1 Å². The second-order valence-electron chi connectivity index (χ2n) is 5.60. The fourth-order valence-corrected chi connectivity index (χ4v) is 2.17. The van der Waals surface area contributed by atoms with E-state index in [1.54, 1.807) is 0 Å². The van der Waals surface area contributed by atoms with Gasteiger partial charge in [-0.25, -0.2) is 0 Å². The molecule has 0 aliphatic rings. The van der Waals surface area contributed by atoms with Gasteiger partial charge in [-0.1, -0.05) is 12.1 Å². The Morgan fingerprint density at radius 3 is 2.42 bits per heavy atom. The molecule has 2 rings (SSSR count). The summed E-state index contributed by atoms with van der Waals surface area (Å²) in [6.07, 6.45) is -4.22. The summed E-state index contributed by atoms with van der Waals surface area (Å²) in [5.74, 6) is -0.197. The maximum absolute atomic E-state index is 12.6. The minimum absolute atomic E-state index is 0.156. The molecule has 0 aliphatic heterocycles. The van der Waals surface area contributed by atoms with Gasteiger partial charge in [0.05, 0.1) is 5.56 Å². The van der Waals surface area contributed by atoms with Crippen LogP contribution >= 0.6 is 0 Å². The summed E-state index contributed by atoms with van der Waals surface area (Å²) in [6, 6.07) is 10.5. The van der Waals surface area contributed by atoms with Crippen LogP contribution in [0, 0.1) is 13.8 Å². The largest absolute Gasteiger partial charge is 0.416 e. The first-order valence-electron chi connectivity index (χ1n) is 7.54. The van der Waals surface area contributed by atoms with Gasteiger partial charge in [-0.15, -0.1) is 0 Å². The molecule has 0 bridgehead atoms. The van der Waals surface area contributed by atoms with E-state index in [-0.39, 0.29) is 18.9 Å². The molecular weight excluding hydrogens is 317 g/mol. The third-order valence-electron chi connectivity index (χ3n) is 3.66. The molecule has 0 spiro atoms. The molecule has 128 valence electrons. The molecule has 0 atom stereocenters. The molecule has 2 N–H and O–H groups in total. The lowest BCUT2D eigenvalue weighted by atomic mass is 10.1. The lowest BCUT2D eigenvalue weighted by Crippen LogP contribution is -2.16. The number of hydrogen-bond acceptors (Lipinski definition) is 2. The molecule has 6 heteroatoms. The maximum Gasteiger partial charge on any atom is 0.416 e. The van der Waals surface area contributed by atoms with Gasteiger partial charge in [-0.3, -0.25) is 4.79 Å². The highest BCUT2D eigenvalue weighted by Crippen LogP contribution is 2.30. The van der Waals surface area contributed by atoms with Crippen LogP contribution in [0.25, 0.3) is 0 Å². The Hall–Kier alpha value is -2.50. The van der Waals surface area contributed by atoms with Crippen molar-refractivity contribution >= 4 is 17.3 Å². The Morgan fingerprint density at radius 1 is 1.00 bits per heavy atom. The van der Waals surface area contributed by atoms with Gasteiger partial charge in [0.15, 0.2) is 0 Å². The van der Waals surface area contributed by atoms with Crippen molar-refractivity contribution in [3.63, 3.8) is 0 Å². The summed E-state index contributed by atoms with van der Waals surface area (Å²) in [4.78, 5) is 11.9. The van der Waals surface area contributed by atoms with Crippen molar-refractivity contribution < 1.29 is 18.0 Å². The van der Waals surface area contributed by atoms with E-state index < -0.39 is 11.7 Å². The van der Waals surface area contributed by atoms with E-state index in [9.17, 15) is 18.0 Å². The number of carbonyl (C=O) groups excluding carboxylic acids is 1. The zero-order chi connectivity index (χ0) is 17.7.